The van der Waals surface area contributed by atoms with Crippen molar-refractivity contribution >= 4 is 17.5 Å². The molecule has 3 nitrogen and oxygen atoms in total. The molecular formula is C11H12ClFN2O. The van der Waals surface area contributed by atoms with Crippen molar-refractivity contribution in [2.75, 3.05) is 19.6 Å². The quantitative estimate of drug-likeness (QED) is 0.851. The van der Waals surface area contributed by atoms with E-state index in [9.17, 15) is 9.18 Å². The van der Waals surface area contributed by atoms with Crippen LogP contribution in [0.25, 0.3) is 0 Å². The first-order chi connectivity index (χ1) is 7.66. The van der Waals surface area contributed by atoms with Gasteiger partial charge in [-0.15, -0.1) is 0 Å². The SMILES string of the molecule is O=C1CNCCN1Cc1cc(F)ccc1Cl. The highest BCUT2D eigenvalue weighted by Gasteiger charge is 2.18. The summed E-state index contributed by atoms with van der Waals surface area (Å²) in [7, 11) is 0. The normalized spacial score (nSPS) is 16.6. The smallest absolute Gasteiger partial charge is 0.236 e. The van der Waals surface area contributed by atoms with Gasteiger partial charge in [0.05, 0.1) is 6.54 Å². The van der Waals surface area contributed by atoms with Gasteiger partial charge in [-0.2, -0.15) is 0 Å². The molecule has 1 aromatic rings. The molecule has 1 N–H and O–H groups in total. The maximum atomic E-state index is 13.0. The molecule has 0 atom stereocenters. The minimum absolute atomic E-state index is 0.0200. The summed E-state index contributed by atoms with van der Waals surface area (Å²) in [5.41, 5.74) is 0.650. The van der Waals surface area contributed by atoms with Crippen LogP contribution in [0.1, 0.15) is 5.56 Å². The molecule has 16 heavy (non-hydrogen) atoms. The minimum atomic E-state index is -0.331. The van der Waals surface area contributed by atoms with Gasteiger partial charge in [-0.25, -0.2) is 4.39 Å². The topological polar surface area (TPSA) is 32.3 Å². The lowest BCUT2D eigenvalue weighted by Crippen LogP contribution is -2.47. The average Bonchev–Trinajstić information content (AvgIpc) is 2.27. The molecule has 1 fully saturated rings. The summed E-state index contributed by atoms with van der Waals surface area (Å²) < 4.78 is 13.0. The third-order valence-corrected chi connectivity index (χ3v) is 2.93. The van der Waals surface area contributed by atoms with E-state index in [1.807, 2.05) is 0 Å². The lowest BCUT2D eigenvalue weighted by atomic mass is 10.2. The highest BCUT2D eigenvalue weighted by atomic mass is 35.5. The second-order valence-electron chi connectivity index (χ2n) is 3.73. The van der Waals surface area contributed by atoms with Crippen molar-refractivity contribution < 1.29 is 9.18 Å². The van der Waals surface area contributed by atoms with Crippen LogP contribution in [0.3, 0.4) is 0 Å². The van der Waals surface area contributed by atoms with Gasteiger partial charge < -0.3 is 10.2 Å². The van der Waals surface area contributed by atoms with Gasteiger partial charge in [0.1, 0.15) is 5.82 Å². The molecule has 0 aromatic heterocycles. The number of nitrogens with one attached hydrogen (secondary N) is 1. The van der Waals surface area contributed by atoms with Crippen molar-refractivity contribution in [3.8, 4) is 0 Å². The predicted molar refractivity (Wildman–Crippen MR) is 59.7 cm³/mol. The first-order valence-electron chi connectivity index (χ1n) is 5.09. The number of nitrogens with zero attached hydrogens (tertiary/aromatic N) is 1. The molecule has 1 amide bonds. The van der Waals surface area contributed by atoms with Crippen LogP contribution >= 0.6 is 11.6 Å². The van der Waals surface area contributed by atoms with E-state index in [0.29, 0.717) is 30.2 Å². The van der Waals surface area contributed by atoms with Crippen LogP contribution in [-0.2, 0) is 11.3 Å². The molecular weight excluding hydrogens is 231 g/mol. The van der Waals surface area contributed by atoms with E-state index in [1.165, 1.54) is 18.2 Å². The summed E-state index contributed by atoms with van der Waals surface area (Å²) in [5, 5.41) is 3.47. The molecule has 2 rings (SSSR count). The molecule has 1 aromatic carbocycles. The van der Waals surface area contributed by atoms with Gasteiger partial charge in [-0.1, -0.05) is 11.6 Å². The maximum Gasteiger partial charge on any atom is 0.236 e. The second-order valence-corrected chi connectivity index (χ2v) is 4.14. The van der Waals surface area contributed by atoms with Crippen LogP contribution in [0.15, 0.2) is 18.2 Å². The average molecular weight is 243 g/mol. The fourth-order valence-electron chi connectivity index (χ4n) is 1.68. The third-order valence-electron chi connectivity index (χ3n) is 2.56. The van der Waals surface area contributed by atoms with Crippen LogP contribution in [0.5, 0.6) is 0 Å². The number of halogens is 2. The van der Waals surface area contributed by atoms with E-state index in [1.54, 1.807) is 4.90 Å². The molecule has 0 unspecified atom stereocenters. The zero-order chi connectivity index (χ0) is 11.5. The number of rotatable bonds is 2. The minimum Gasteiger partial charge on any atom is -0.336 e. The van der Waals surface area contributed by atoms with Crippen LogP contribution in [0.4, 0.5) is 4.39 Å². The summed E-state index contributed by atoms with van der Waals surface area (Å²) in [6.45, 7) is 2.11. The van der Waals surface area contributed by atoms with Crippen molar-refractivity contribution in [3.05, 3.63) is 34.6 Å². The Morgan fingerprint density at radius 3 is 3.06 bits per heavy atom. The Morgan fingerprint density at radius 1 is 1.50 bits per heavy atom. The van der Waals surface area contributed by atoms with Gasteiger partial charge in [0, 0.05) is 24.7 Å². The van der Waals surface area contributed by atoms with Crippen LogP contribution in [0, 0.1) is 5.82 Å². The van der Waals surface area contributed by atoms with Gasteiger partial charge in [0.15, 0.2) is 0 Å². The van der Waals surface area contributed by atoms with Crippen LogP contribution < -0.4 is 5.32 Å². The van der Waals surface area contributed by atoms with E-state index >= 15 is 0 Å². The predicted octanol–water partition coefficient (Wildman–Crippen LogP) is 1.41. The van der Waals surface area contributed by atoms with Crippen molar-refractivity contribution in [2.45, 2.75) is 6.54 Å². The largest absolute Gasteiger partial charge is 0.336 e. The summed E-state index contributed by atoms with van der Waals surface area (Å²) in [4.78, 5) is 13.2. The van der Waals surface area contributed by atoms with E-state index in [0.717, 1.165) is 6.54 Å². The highest BCUT2D eigenvalue weighted by Crippen LogP contribution is 2.19. The Balaban J connectivity index is 2.13. The number of carbonyl (C=O) groups excluding carboxylic acids is 1. The van der Waals surface area contributed by atoms with Gasteiger partial charge in [-0.05, 0) is 23.8 Å². The van der Waals surface area contributed by atoms with E-state index in [2.05, 4.69) is 5.32 Å². The highest BCUT2D eigenvalue weighted by molar-refractivity contribution is 6.31. The summed E-state index contributed by atoms with van der Waals surface area (Å²) in [6.07, 6.45) is 0. The number of carbonyl (C=O) groups is 1. The lowest BCUT2D eigenvalue weighted by molar-refractivity contribution is -0.132. The maximum absolute atomic E-state index is 13.0. The van der Waals surface area contributed by atoms with Crippen molar-refractivity contribution in [1.29, 1.82) is 0 Å². The fraction of sp³-hybridized carbons (Fsp3) is 0.364. The third kappa shape index (κ3) is 2.51. The van der Waals surface area contributed by atoms with E-state index in [4.69, 9.17) is 11.6 Å². The molecule has 1 aliphatic rings. The molecule has 5 heteroatoms. The molecule has 1 saturated heterocycles. The van der Waals surface area contributed by atoms with Gasteiger partial charge in [-0.3, -0.25) is 4.79 Å². The van der Waals surface area contributed by atoms with E-state index in [-0.39, 0.29) is 11.7 Å². The Morgan fingerprint density at radius 2 is 2.31 bits per heavy atom. The van der Waals surface area contributed by atoms with Gasteiger partial charge in [0.25, 0.3) is 0 Å². The Kier molecular flexibility index (Phi) is 3.41. The molecule has 0 aliphatic carbocycles. The number of hydrogen-bond donors (Lipinski definition) is 1. The molecule has 0 radical (unpaired) electrons. The monoisotopic (exact) mass is 242 g/mol. The molecule has 0 bridgehead atoms. The van der Waals surface area contributed by atoms with Crippen LogP contribution in [0.2, 0.25) is 5.02 Å². The number of hydrogen-bond acceptors (Lipinski definition) is 2. The van der Waals surface area contributed by atoms with Crippen LogP contribution in [-0.4, -0.2) is 30.4 Å². The van der Waals surface area contributed by atoms with Crippen molar-refractivity contribution in [3.63, 3.8) is 0 Å². The van der Waals surface area contributed by atoms with Crippen molar-refractivity contribution in [1.82, 2.24) is 10.2 Å². The first-order valence-corrected chi connectivity index (χ1v) is 5.47. The van der Waals surface area contributed by atoms with E-state index < -0.39 is 0 Å². The second kappa shape index (κ2) is 4.80. The Hall–Kier alpha value is -1.13. The molecule has 0 spiro atoms. The summed E-state index contributed by atoms with van der Waals surface area (Å²) in [5.74, 6) is -0.312. The lowest BCUT2D eigenvalue weighted by Gasteiger charge is -2.27. The summed E-state index contributed by atoms with van der Waals surface area (Å²) >= 11 is 5.94. The Bertz CT molecular complexity index is 411. The van der Waals surface area contributed by atoms with Crippen molar-refractivity contribution in [2.24, 2.45) is 0 Å². The van der Waals surface area contributed by atoms with Gasteiger partial charge >= 0.3 is 0 Å². The molecule has 1 aliphatic heterocycles. The summed E-state index contributed by atoms with van der Waals surface area (Å²) in [6, 6.07) is 4.20. The molecule has 1 heterocycles. The zero-order valence-electron chi connectivity index (χ0n) is 8.67. The number of amides is 1. The number of piperazine rings is 1. The standard InChI is InChI=1S/C11H12ClFN2O/c12-10-2-1-9(13)5-8(10)7-15-4-3-14-6-11(15)16/h1-2,5,14H,3-4,6-7H2. The molecule has 0 saturated carbocycles. The molecule has 86 valence electrons. The zero-order valence-corrected chi connectivity index (χ0v) is 9.43. The van der Waals surface area contributed by atoms with Gasteiger partial charge in [0.2, 0.25) is 5.91 Å². The Labute approximate surface area is 98.2 Å². The first kappa shape index (κ1) is 11.4. The number of benzene rings is 1. The fourth-order valence-corrected chi connectivity index (χ4v) is 1.86.